The van der Waals surface area contributed by atoms with Gasteiger partial charge < -0.3 is 19.4 Å². The van der Waals surface area contributed by atoms with Crippen LogP contribution in [-0.4, -0.2) is 40.9 Å². The predicted molar refractivity (Wildman–Crippen MR) is 138 cm³/mol. The van der Waals surface area contributed by atoms with Gasteiger partial charge in [-0.1, -0.05) is 12.1 Å². The monoisotopic (exact) mass is 537 g/mol. The van der Waals surface area contributed by atoms with Crippen LogP contribution in [0.25, 0.3) is 22.3 Å². The number of alkyl halides is 3. The van der Waals surface area contributed by atoms with Crippen molar-refractivity contribution >= 4 is 22.8 Å². The molecule has 7 nitrogen and oxygen atoms in total. The lowest BCUT2D eigenvalue weighted by Crippen LogP contribution is -2.22. The summed E-state index contributed by atoms with van der Waals surface area (Å²) < 4.78 is 49.9. The average Bonchev–Trinajstić information content (AvgIpc) is 3.49. The fraction of sp³-hybridized carbons (Fsp3) is 0.276. The Balaban J connectivity index is 1.47. The maximum atomic E-state index is 13.0. The van der Waals surface area contributed by atoms with Crippen LogP contribution in [-0.2, 0) is 26.9 Å². The first-order chi connectivity index (χ1) is 18.6. The Morgan fingerprint density at radius 2 is 1.90 bits per heavy atom. The van der Waals surface area contributed by atoms with Crippen molar-refractivity contribution in [3.8, 4) is 22.9 Å². The molecule has 3 heterocycles. The molecule has 202 valence electrons. The zero-order chi connectivity index (χ0) is 27.7. The van der Waals surface area contributed by atoms with Crippen molar-refractivity contribution in [2.24, 2.45) is 0 Å². The molecular weight excluding hydrogens is 511 g/mol. The number of fused-ring (bicyclic) bond motifs is 1. The van der Waals surface area contributed by atoms with Crippen LogP contribution < -0.4 is 4.74 Å². The lowest BCUT2D eigenvalue weighted by molar-refractivity contribution is -0.140. The number of pyridine rings is 1. The van der Waals surface area contributed by atoms with Gasteiger partial charge in [0.2, 0.25) is 5.91 Å². The van der Waals surface area contributed by atoms with Gasteiger partial charge in [0.1, 0.15) is 11.5 Å². The highest BCUT2D eigenvalue weighted by molar-refractivity contribution is 5.88. The van der Waals surface area contributed by atoms with Gasteiger partial charge in [-0.15, -0.1) is 0 Å². The molecule has 5 rings (SSSR count). The predicted octanol–water partition coefficient (Wildman–Crippen LogP) is 6.44. The minimum atomic E-state index is -4.46. The van der Waals surface area contributed by atoms with Crippen molar-refractivity contribution in [2.75, 3.05) is 14.2 Å². The Kier molecular flexibility index (Phi) is 7.03. The van der Waals surface area contributed by atoms with Crippen LogP contribution >= 0.6 is 0 Å². The average molecular weight is 538 g/mol. The summed E-state index contributed by atoms with van der Waals surface area (Å²) >= 11 is 0. The van der Waals surface area contributed by atoms with Gasteiger partial charge in [0, 0.05) is 42.6 Å². The third kappa shape index (κ3) is 5.59. The molecule has 1 aliphatic rings. The van der Waals surface area contributed by atoms with Crippen molar-refractivity contribution in [3.05, 3.63) is 77.5 Å². The van der Waals surface area contributed by atoms with Gasteiger partial charge in [0.15, 0.2) is 0 Å². The van der Waals surface area contributed by atoms with E-state index in [9.17, 15) is 22.8 Å². The summed E-state index contributed by atoms with van der Waals surface area (Å²) in [4.78, 5) is 32.7. The van der Waals surface area contributed by atoms with E-state index in [1.165, 1.54) is 13.2 Å². The third-order valence-electron chi connectivity index (χ3n) is 6.97. The van der Waals surface area contributed by atoms with Gasteiger partial charge in [0.05, 0.1) is 30.1 Å². The van der Waals surface area contributed by atoms with E-state index >= 15 is 0 Å². The fourth-order valence-electron chi connectivity index (χ4n) is 4.75. The highest BCUT2D eigenvalue weighted by atomic mass is 19.4. The number of carbonyl (C=O) groups excluding carboxylic acids is 2. The number of rotatable bonds is 7. The van der Waals surface area contributed by atoms with Crippen LogP contribution in [0, 0.1) is 0 Å². The summed E-state index contributed by atoms with van der Waals surface area (Å²) in [6, 6.07) is 15.1. The summed E-state index contributed by atoms with van der Waals surface area (Å²) in [6.45, 7) is 0. The number of aryl methyl sites for hydroxylation is 1. The molecule has 39 heavy (non-hydrogen) atoms. The number of amides is 1. The summed E-state index contributed by atoms with van der Waals surface area (Å²) in [5, 5.41) is 0.784. The molecule has 10 heteroatoms. The van der Waals surface area contributed by atoms with Crippen LogP contribution in [0.5, 0.6) is 11.5 Å². The number of hydrogen-bond acceptors (Lipinski definition) is 5. The first kappa shape index (κ1) is 26.3. The van der Waals surface area contributed by atoms with Gasteiger partial charge >= 0.3 is 12.1 Å². The highest BCUT2D eigenvalue weighted by Crippen LogP contribution is 2.41. The number of ether oxygens (including phenoxy) is 2. The number of esters is 1. The first-order valence-corrected chi connectivity index (χ1v) is 12.4. The number of nitrogens with one attached hydrogen (secondary N) is 1. The Bertz CT molecular complexity index is 1510. The number of carbonyl (C=O) groups is 2. The molecular formula is C29H26F3N3O4. The molecule has 1 unspecified atom stereocenters. The van der Waals surface area contributed by atoms with Crippen molar-refractivity contribution in [2.45, 2.75) is 37.9 Å². The third-order valence-corrected chi connectivity index (χ3v) is 6.97. The minimum Gasteiger partial charge on any atom is -0.469 e. The SMILES string of the molecule is COC(=O)CCc1ccc(Oc2cc3cc(-c4ccc(C(F)(F)F)cn4)[nH]c3cc2C2CCC(=O)N2C)cc1. The Morgan fingerprint density at radius 1 is 1.13 bits per heavy atom. The van der Waals surface area contributed by atoms with E-state index in [1.54, 1.807) is 18.0 Å². The lowest BCUT2D eigenvalue weighted by Gasteiger charge is -2.23. The van der Waals surface area contributed by atoms with E-state index < -0.39 is 11.7 Å². The second-order valence-corrected chi connectivity index (χ2v) is 9.47. The summed E-state index contributed by atoms with van der Waals surface area (Å²) in [6.07, 6.45) is -1.75. The first-order valence-electron chi connectivity index (χ1n) is 12.4. The number of benzene rings is 2. The Morgan fingerprint density at radius 3 is 2.51 bits per heavy atom. The van der Waals surface area contributed by atoms with Gasteiger partial charge in [-0.05, 0) is 60.9 Å². The number of methoxy groups -OCH3 is 1. The molecule has 4 aromatic rings. The molecule has 1 saturated heterocycles. The minimum absolute atomic E-state index is 0.0436. The zero-order valence-electron chi connectivity index (χ0n) is 21.3. The van der Waals surface area contributed by atoms with Crippen molar-refractivity contribution in [1.29, 1.82) is 0 Å². The molecule has 1 aliphatic heterocycles. The number of halogens is 3. The lowest BCUT2D eigenvalue weighted by atomic mass is 10.0. The number of likely N-dealkylation sites (tertiary alicyclic amines) is 1. The maximum absolute atomic E-state index is 13.0. The standard InChI is InChI=1S/C29H26F3N3O4/c1-35-25(10-11-27(35)36)21-15-23-18(13-24(34-23)22-9-6-19(16-33-22)29(30,31)32)14-26(21)39-20-7-3-17(4-8-20)5-12-28(37)38-2/h3-4,6-9,13-16,25,34H,5,10-12H2,1-2H3. The largest absolute Gasteiger partial charge is 0.469 e. The number of aromatic nitrogens is 2. The highest BCUT2D eigenvalue weighted by Gasteiger charge is 2.32. The van der Waals surface area contributed by atoms with Crippen LogP contribution in [0.4, 0.5) is 13.2 Å². The van der Waals surface area contributed by atoms with Crippen LogP contribution in [0.15, 0.2) is 60.8 Å². The molecule has 1 N–H and O–H groups in total. The Hall–Kier alpha value is -4.34. The number of H-pyrrole nitrogens is 1. The number of aromatic amines is 1. The van der Waals surface area contributed by atoms with Crippen molar-refractivity contribution in [3.63, 3.8) is 0 Å². The molecule has 2 aromatic carbocycles. The molecule has 0 spiro atoms. The van der Waals surface area contributed by atoms with Crippen LogP contribution in [0.3, 0.4) is 0 Å². The molecule has 1 amide bonds. The van der Waals surface area contributed by atoms with Crippen molar-refractivity contribution < 1.29 is 32.2 Å². The fourth-order valence-corrected chi connectivity index (χ4v) is 4.75. The molecule has 0 aliphatic carbocycles. The maximum Gasteiger partial charge on any atom is 0.417 e. The number of nitrogens with zero attached hydrogens (tertiary/aromatic N) is 2. The summed E-state index contributed by atoms with van der Waals surface area (Å²) in [7, 11) is 3.12. The topological polar surface area (TPSA) is 84.5 Å². The molecule has 1 fully saturated rings. The van der Waals surface area contributed by atoms with Gasteiger partial charge in [-0.25, -0.2) is 0 Å². The normalized spacial score (nSPS) is 15.7. The van der Waals surface area contributed by atoms with E-state index in [1.807, 2.05) is 36.4 Å². The molecule has 0 saturated carbocycles. The van der Waals surface area contributed by atoms with Gasteiger partial charge in [-0.3, -0.25) is 14.6 Å². The van der Waals surface area contributed by atoms with Crippen LogP contribution in [0.1, 0.15) is 42.0 Å². The molecule has 0 radical (unpaired) electrons. The smallest absolute Gasteiger partial charge is 0.417 e. The van der Waals surface area contributed by atoms with Gasteiger partial charge in [0.25, 0.3) is 0 Å². The van der Waals surface area contributed by atoms with E-state index in [0.29, 0.717) is 42.1 Å². The molecule has 1 atom stereocenters. The molecule has 2 aromatic heterocycles. The quantitative estimate of drug-likeness (QED) is 0.274. The van der Waals surface area contributed by atoms with Crippen molar-refractivity contribution in [1.82, 2.24) is 14.9 Å². The number of hydrogen-bond donors (Lipinski definition) is 1. The summed E-state index contributed by atoms with van der Waals surface area (Å²) in [5.74, 6) is 0.926. The zero-order valence-corrected chi connectivity index (χ0v) is 21.3. The van der Waals surface area contributed by atoms with Crippen LogP contribution in [0.2, 0.25) is 0 Å². The molecule has 0 bridgehead atoms. The second-order valence-electron chi connectivity index (χ2n) is 9.47. The second kappa shape index (κ2) is 10.4. The van der Waals surface area contributed by atoms with E-state index in [-0.39, 0.29) is 24.3 Å². The summed E-state index contributed by atoms with van der Waals surface area (Å²) in [5.41, 5.74) is 2.65. The van der Waals surface area contributed by atoms with E-state index in [2.05, 4.69) is 9.97 Å². The Labute approximate surface area is 222 Å². The van der Waals surface area contributed by atoms with E-state index in [0.717, 1.165) is 34.3 Å². The van der Waals surface area contributed by atoms with Gasteiger partial charge in [-0.2, -0.15) is 13.2 Å². The van der Waals surface area contributed by atoms with E-state index in [4.69, 9.17) is 9.47 Å².